The van der Waals surface area contributed by atoms with Gasteiger partial charge in [-0.2, -0.15) is 0 Å². The lowest BCUT2D eigenvalue weighted by atomic mass is 9.97. The van der Waals surface area contributed by atoms with E-state index in [9.17, 15) is 9.50 Å². The van der Waals surface area contributed by atoms with E-state index in [0.29, 0.717) is 22.5 Å². The van der Waals surface area contributed by atoms with E-state index in [1.807, 2.05) is 0 Å². The Morgan fingerprint density at radius 1 is 1.44 bits per heavy atom. The Hall–Kier alpha value is -0.610. The van der Waals surface area contributed by atoms with Crippen LogP contribution in [0.4, 0.5) is 4.39 Å². The molecule has 0 radical (unpaired) electrons. The number of benzene rings is 1. The number of halogens is 2. The molecule has 1 unspecified atom stereocenters. The number of phenols is 1. The zero-order chi connectivity index (χ0) is 11.5. The third-order valence-electron chi connectivity index (χ3n) is 2.99. The van der Waals surface area contributed by atoms with Gasteiger partial charge in [0, 0.05) is 10.5 Å². The van der Waals surface area contributed by atoms with Crippen molar-refractivity contribution in [2.24, 2.45) is 0 Å². The van der Waals surface area contributed by atoms with Crippen LogP contribution in [-0.2, 0) is 6.42 Å². The second kappa shape index (κ2) is 5.15. The molecule has 1 aliphatic heterocycles. The monoisotopic (exact) mass is 287 g/mol. The summed E-state index contributed by atoms with van der Waals surface area (Å²) in [5, 5.41) is 13.0. The van der Waals surface area contributed by atoms with E-state index < -0.39 is 5.82 Å². The molecule has 0 bridgehead atoms. The number of piperidine rings is 1. The molecule has 4 heteroatoms. The Bertz CT molecular complexity index is 378. The Morgan fingerprint density at radius 3 is 2.94 bits per heavy atom. The maximum absolute atomic E-state index is 13.3. The van der Waals surface area contributed by atoms with Crippen molar-refractivity contribution in [2.75, 3.05) is 6.54 Å². The van der Waals surface area contributed by atoms with Crippen LogP contribution in [0.5, 0.6) is 5.75 Å². The molecule has 0 aromatic heterocycles. The van der Waals surface area contributed by atoms with Gasteiger partial charge in [0.2, 0.25) is 0 Å². The van der Waals surface area contributed by atoms with Gasteiger partial charge in [-0.15, -0.1) is 0 Å². The highest BCUT2D eigenvalue weighted by Crippen LogP contribution is 2.28. The Balaban J connectivity index is 2.13. The molecule has 2 N–H and O–H groups in total. The molecule has 0 spiro atoms. The Labute approximate surface area is 103 Å². The summed E-state index contributed by atoms with van der Waals surface area (Å²) in [5.74, 6) is -0.768. The molecular weight excluding hydrogens is 273 g/mol. The highest BCUT2D eigenvalue weighted by molar-refractivity contribution is 9.10. The summed E-state index contributed by atoms with van der Waals surface area (Å²) in [6.07, 6.45) is 4.18. The fourth-order valence-corrected chi connectivity index (χ4v) is 2.62. The van der Waals surface area contributed by atoms with Gasteiger partial charge in [-0.05, 0) is 43.5 Å². The van der Waals surface area contributed by atoms with E-state index in [1.54, 1.807) is 6.07 Å². The van der Waals surface area contributed by atoms with Crippen molar-refractivity contribution in [1.29, 1.82) is 0 Å². The largest absolute Gasteiger partial charge is 0.505 e. The van der Waals surface area contributed by atoms with E-state index in [0.717, 1.165) is 13.0 Å². The van der Waals surface area contributed by atoms with Crippen molar-refractivity contribution < 1.29 is 9.50 Å². The van der Waals surface area contributed by atoms with Gasteiger partial charge in [0.05, 0.1) is 0 Å². The number of hydrogen-bond donors (Lipinski definition) is 2. The lowest BCUT2D eigenvalue weighted by molar-refractivity contribution is 0.384. The van der Waals surface area contributed by atoms with Gasteiger partial charge in [-0.25, -0.2) is 4.39 Å². The van der Waals surface area contributed by atoms with Gasteiger partial charge in [0.25, 0.3) is 0 Å². The molecule has 1 aromatic rings. The minimum absolute atomic E-state index is 0.212. The highest BCUT2D eigenvalue weighted by Gasteiger charge is 2.17. The predicted octanol–water partition coefficient (Wildman–Crippen LogP) is 2.98. The summed E-state index contributed by atoms with van der Waals surface area (Å²) < 4.78 is 14.0. The van der Waals surface area contributed by atoms with Crippen molar-refractivity contribution in [2.45, 2.75) is 31.7 Å². The van der Waals surface area contributed by atoms with E-state index in [-0.39, 0.29) is 5.75 Å². The third kappa shape index (κ3) is 2.74. The van der Waals surface area contributed by atoms with Gasteiger partial charge in [-0.1, -0.05) is 22.4 Å². The van der Waals surface area contributed by atoms with Gasteiger partial charge in [0.1, 0.15) is 0 Å². The van der Waals surface area contributed by atoms with Crippen LogP contribution in [0.25, 0.3) is 0 Å². The van der Waals surface area contributed by atoms with Crippen molar-refractivity contribution >= 4 is 15.9 Å². The SMILES string of the molecule is Oc1c(F)cc(Br)cc1CC1CCCCN1. The molecule has 1 atom stereocenters. The van der Waals surface area contributed by atoms with Crippen molar-refractivity contribution in [3.05, 3.63) is 28.0 Å². The summed E-state index contributed by atoms with van der Waals surface area (Å²) in [5.41, 5.74) is 0.672. The van der Waals surface area contributed by atoms with Crippen LogP contribution in [0.1, 0.15) is 24.8 Å². The first-order chi connectivity index (χ1) is 7.66. The van der Waals surface area contributed by atoms with Crippen molar-refractivity contribution in [1.82, 2.24) is 5.32 Å². The summed E-state index contributed by atoms with van der Waals surface area (Å²) in [6, 6.07) is 3.43. The first-order valence-corrected chi connectivity index (χ1v) is 6.36. The van der Waals surface area contributed by atoms with Gasteiger partial charge in [0.15, 0.2) is 11.6 Å². The third-order valence-corrected chi connectivity index (χ3v) is 3.44. The van der Waals surface area contributed by atoms with Gasteiger partial charge in [-0.3, -0.25) is 0 Å². The highest BCUT2D eigenvalue weighted by atomic mass is 79.9. The van der Waals surface area contributed by atoms with Crippen LogP contribution in [0, 0.1) is 5.82 Å². The molecule has 0 amide bonds. The number of aromatic hydroxyl groups is 1. The second-order valence-electron chi connectivity index (χ2n) is 4.25. The maximum Gasteiger partial charge on any atom is 0.166 e. The first-order valence-electron chi connectivity index (χ1n) is 5.57. The minimum atomic E-state index is -0.555. The Kier molecular flexibility index (Phi) is 3.82. The Morgan fingerprint density at radius 2 is 2.25 bits per heavy atom. The van der Waals surface area contributed by atoms with Crippen LogP contribution in [0.2, 0.25) is 0 Å². The zero-order valence-electron chi connectivity index (χ0n) is 8.97. The van der Waals surface area contributed by atoms with E-state index in [4.69, 9.17) is 0 Å². The van der Waals surface area contributed by atoms with Crippen molar-refractivity contribution in [3.8, 4) is 5.75 Å². The standard InChI is InChI=1S/C12H15BrFNO/c13-9-5-8(12(16)11(14)7-9)6-10-3-1-2-4-15-10/h5,7,10,15-16H,1-4,6H2. The summed E-state index contributed by atoms with van der Waals surface area (Å²) >= 11 is 3.24. The van der Waals surface area contributed by atoms with Crippen LogP contribution < -0.4 is 5.32 Å². The fraction of sp³-hybridized carbons (Fsp3) is 0.500. The second-order valence-corrected chi connectivity index (χ2v) is 5.16. The van der Waals surface area contributed by atoms with E-state index in [2.05, 4.69) is 21.2 Å². The van der Waals surface area contributed by atoms with Crippen LogP contribution in [0.3, 0.4) is 0 Å². The smallest absolute Gasteiger partial charge is 0.166 e. The molecule has 1 aliphatic rings. The zero-order valence-corrected chi connectivity index (χ0v) is 10.6. The van der Waals surface area contributed by atoms with Crippen LogP contribution >= 0.6 is 15.9 Å². The molecule has 1 fully saturated rings. The molecule has 1 aromatic carbocycles. The van der Waals surface area contributed by atoms with Gasteiger partial charge < -0.3 is 10.4 Å². The summed E-state index contributed by atoms with van der Waals surface area (Å²) in [6.45, 7) is 1.02. The molecule has 1 heterocycles. The lowest BCUT2D eigenvalue weighted by Crippen LogP contribution is -2.35. The average Bonchev–Trinajstić information content (AvgIpc) is 2.27. The lowest BCUT2D eigenvalue weighted by Gasteiger charge is -2.23. The number of nitrogens with one attached hydrogen (secondary N) is 1. The average molecular weight is 288 g/mol. The van der Waals surface area contributed by atoms with Gasteiger partial charge >= 0.3 is 0 Å². The molecule has 16 heavy (non-hydrogen) atoms. The number of phenolic OH excluding ortho intramolecular Hbond substituents is 1. The summed E-state index contributed by atoms with van der Waals surface area (Å²) in [4.78, 5) is 0. The van der Waals surface area contributed by atoms with E-state index >= 15 is 0 Å². The molecule has 1 saturated heterocycles. The van der Waals surface area contributed by atoms with Crippen LogP contribution in [0.15, 0.2) is 16.6 Å². The minimum Gasteiger partial charge on any atom is -0.505 e. The normalized spacial score (nSPS) is 21.0. The molecular formula is C12H15BrFNO. The molecule has 88 valence electrons. The number of rotatable bonds is 2. The number of hydrogen-bond acceptors (Lipinski definition) is 2. The van der Waals surface area contributed by atoms with Crippen LogP contribution in [-0.4, -0.2) is 17.7 Å². The molecule has 2 nitrogen and oxygen atoms in total. The summed E-state index contributed by atoms with van der Waals surface area (Å²) in [7, 11) is 0. The quantitative estimate of drug-likeness (QED) is 0.877. The van der Waals surface area contributed by atoms with E-state index in [1.165, 1.54) is 18.9 Å². The first kappa shape index (κ1) is 11.9. The predicted molar refractivity (Wildman–Crippen MR) is 65.1 cm³/mol. The molecule has 0 aliphatic carbocycles. The van der Waals surface area contributed by atoms with Crippen molar-refractivity contribution in [3.63, 3.8) is 0 Å². The molecule has 2 rings (SSSR count). The topological polar surface area (TPSA) is 32.3 Å². The maximum atomic E-state index is 13.3. The fourth-order valence-electron chi connectivity index (χ4n) is 2.14. The molecule has 0 saturated carbocycles.